The van der Waals surface area contributed by atoms with E-state index in [4.69, 9.17) is 5.73 Å². The zero-order valence-electron chi connectivity index (χ0n) is 14.2. The SMILES string of the molecule is CN(CC1CCC(C(C)(C)C)CC1)C1CCC(N)CC1. The molecule has 0 atom stereocenters. The fourth-order valence-electron chi connectivity index (χ4n) is 4.31. The lowest BCUT2D eigenvalue weighted by atomic mass is 9.70. The average Bonchev–Trinajstić information content (AvgIpc) is 2.39. The summed E-state index contributed by atoms with van der Waals surface area (Å²) in [6, 6.07) is 1.28. The number of hydrogen-bond acceptors (Lipinski definition) is 2. The molecule has 0 spiro atoms. The van der Waals surface area contributed by atoms with Crippen LogP contribution in [-0.4, -0.2) is 30.6 Å². The van der Waals surface area contributed by atoms with Gasteiger partial charge in [0.25, 0.3) is 0 Å². The Kier molecular flexibility index (Phi) is 5.53. The first-order valence-corrected chi connectivity index (χ1v) is 8.82. The van der Waals surface area contributed by atoms with Crippen molar-refractivity contribution in [3.05, 3.63) is 0 Å². The predicted molar refractivity (Wildman–Crippen MR) is 87.8 cm³/mol. The van der Waals surface area contributed by atoms with Gasteiger partial charge in [0.05, 0.1) is 0 Å². The molecule has 2 fully saturated rings. The van der Waals surface area contributed by atoms with Crippen LogP contribution in [0.3, 0.4) is 0 Å². The predicted octanol–water partition coefficient (Wildman–Crippen LogP) is 4.04. The minimum Gasteiger partial charge on any atom is -0.328 e. The molecule has 0 aromatic carbocycles. The van der Waals surface area contributed by atoms with Crippen LogP contribution in [0, 0.1) is 17.3 Å². The number of nitrogens with two attached hydrogens (primary N) is 1. The van der Waals surface area contributed by atoms with E-state index in [0.717, 1.165) is 17.9 Å². The highest BCUT2D eigenvalue weighted by atomic mass is 15.1. The molecule has 20 heavy (non-hydrogen) atoms. The fraction of sp³-hybridized carbons (Fsp3) is 1.00. The van der Waals surface area contributed by atoms with Gasteiger partial charge in [0.15, 0.2) is 0 Å². The second-order valence-corrected chi connectivity index (χ2v) is 8.59. The Bertz CT molecular complexity index is 278. The second-order valence-electron chi connectivity index (χ2n) is 8.59. The summed E-state index contributed by atoms with van der Waals surface area (Å²) in [4.78, 5) is 2.65. The van der Waals surface area contributed by atoms with E-state index in [9.17, 15) is 0 Å². The van der Waals surface area contributed by atoms with E-state index in [0.29, 0.717) is 11.5 Å². The molecule has 2 aliphatic rings. The third kappa shape index (κ3) is 4.46. The highest BCUT2D eigenvalue weighted by molar-refractivity contribution is 4.84. The molecule has 2 saturated carbocycles. The van der Waals surface area contributed by atoms with E-state index in [-0.39, 0.29) is 0 Å². The van der Waals surface area contributed by atoms with Crippen LogP contribution in [0.25, 0.3) is 0 Å². The summed E-state index contributed by atoms with van der Waals surface area (Å²) in [5, 5.41) is 0. The van der Waals surface area contributed by atoms with Crippen molar-refractivity contribution in [2.45, 2.75) is 84.2 Å². The van der Waals surface area contributed by atoms with E-state index in [2.05, 4.69) is 32.7 Å². The highest BCUT2D eigenvalue weighted by Crippen LogP contribution is 2.40. The van der Waals surface area contributed by atoms with Gasteiger partial charge in [-0.3, -0.25) is 0 Å². The van der Waals surface area contributed by atoms with Crippen molar-refractivity contribution in [2.24, 2.45) is 23.0 Å². The van der Waals surface area contributed by atoms with Crippen LogP contribution >= 0.6 is 0 Å². The highest BCUT2D eigenvalue weighted by Gasteiger charge is 2.31. The van der Waals surface area contributed by atoms with Gasteiger partial charge < -0.3 is 10.6 Å². The molecule has 0 saturated heterocycles. The van der Waals surface area contributed by atoms with Gasteiger partial charge in [-0.15, -0.1) is 0 Å². The van der Waals surface area contributed by atoms with Crippen LogP contribution in [0.15, 0.2) is 0 Å². The zero-order chi connectivity index (χ0) is 14.8. The quantitative estimate of drug-likeness (QED) is 0.845. The maximum absolute atomic E-state index is 6.02. The monoisotopic (exact) mass is 280 g/mol. The van der Waals surface area contributed by atoms with Crippen molar-refractivity contribution in [1.82, 2.24) is 4.90 Å². The third-order valence-corrected chi connectivity index (χ3v) is 5.98. The molecule has 2 aliphatic carbocycles. The number of nitrogens with zero attached hydrogens (tertiary/aromatic N) is 1. The minimum absolute atomic E-state index is 0.474. The van der Waals surface area contributed by atoms with Crippen LogP contribution in [0.1, 0.15) is 72.1 Å². The first-order valence-electron chi connectivity index (χ1n) is 8.82. The van der Waals surface area contributed by atoms with Gasteiger partial charge in [0.2, 0.25) is 0 Å². The van der Waals surface area contributed by atoms with Crippen molar-refractivity contribution in [2.75, 3.05) is 13.6 Å². The molecule has 0 heterocycles. The smallest absolute Gasteiger partial charge is 0.00934 e. The first kappa shape index (κ1) is 16.3. The molecule has 0 aliphatic heterocycles. The number of rotatable bonds is 3. The Hall–Kier alpha value is -0.0800. The molecule has 0 bridgehead atoms. The van der Waals surface area contributed by atoms with Crippen molar-refractivity contribution in [3.63, 3.8) is 0 Å². The lowest BCUT2D eigenvalue weighted by Gasteiger charge is -2.40. The van der Waals surface area contributed by atoms with Crippen LogP contribution < -0.4 is 5.73 Å². The second kappa shape index (κ2) is 6.79. The fourth-order valence-corrected chi connectivity index (χ4v) is 4.31. The topological polar surface area (TPSA) is 29.3 Å². The van der Waals surface area contributed by atoms with Gasteiger partial charge in [-0.2, -0.15) is 0 Å². The molecule has 118 valence electrons. The molecule has 0 amide bonds. The Morgan fingerprint density at radius 2 is 1.45 bits per heavy atom. The summed E-state index contributed by atoms with van der Waals surface area (Å²) < 4.78 is 0. The lowest BCUT2D eigenvalue weighted by Crippen LogP contribution is -2.41. The molecule has 0 aromatic rings. The standard InChI is InChI=1S/C18H36N2/c1-18(2,3)15-7-5-14(6-8-15)13-20(4)17-11-9-16(19)10-12-17/h14-17H,5-13,19H2,1-4H3. The summed E-state index contributed by atoms with van der Waals surface area (Å²) in [5.74, 6) is 1.88. The molecule has 2 N–H and O–H groups in total. The average molecular weight is 280 g/mol. The van der Waals surface area contributed by atoms with Crippen molar-refractivity contribution in [3.8, 4) is 0 Å². The van der Waals surface area contributed by atoms with Gasteiger partial charge in [-0.1, -0.05) is 20.8 Å². The lowest BCUT2D eigenvalue weighted by molar-refractivity contribution is 0.107. The van der Waals surface area contributed by atoms with Crippen molar-refractivity contribution < 1.29 is 0 Å². The van der Waals surface area contributed by atoms with Gasteiger partial charge >= 0.3 is 0 Å². The maximum atomic E-state index is 6.02. The minimum atomic E-state index is 0.474. The maximum Gasteiger partial charge on any atom is 0.00934 e. The van der Waals surface area contributed by atoms with Crippen molar-refractivity contribution >= 4 is 0 Å². The number of hydrogen-bond donors (Lipinski definition) is 1. The largest absolute Gasteiger partial charge is 0.328 e. The summed E-state index contributed by atoms with van der Waals surface area (Å²) in [6.07, 6.45) is 10.9. The van der Waals surface area contributed by atoms with Gasteiger partial charge in [0, 0.05) is 18.6 Å². The summed E-state index contributed by atoms with van der Waals surface area (Å²) >= 11 is 0. The molecular weight excluding hydrogens is 244 g/mol. The van der Waals surface area contributed by atoms with Crippen LogP contribution in [-0.2, 0) is 0 Å². The van der Waals surface area contributed by atoms with E-state index >= 15 is 0 Å². The van der Waals surface area contributed by atoms with Crippen molar-refractivity contribution in [1.29, 1.82) is 0 Å². The molecule has 0 aromatic heterocycles. The van der Waals surface area contributed by atoms with Crippen LogP contribution in [0.4, 0.5) is 0 Å². The molecule has 2 heteroatoms. The first-order chi connectivity index (χ1) is 9.36. The summed E-state index contributed by atoms with van der Waals surface area (Å²) in [6.45, 7) is 8.55. The van der Waals surface area contributed by atoms with Gasteiger partial charge in [0.1, 0.15) is 0 Å². The molecule has 0 unspecified atom stereocenters. The molecule has 2 nitrogen and oxygen atoms in total. The van der Waals surface area contributed by atoms with E-state index < -0.39 is 0 Å². The van der Waals surface area contributed by atoms with Crippen LogP contribution in [0.2, 0.25) is 0 Å². The van der Waals surface area contributed by atoms with Gasteiger partial charge in [-0.05, 0) is 75.7 Å². The Balaban J connectivity index is 1.72. The summed E-state index contributed by atoms with van der Waals surface area (Å²) in [7, 11) is 2.34. The molecule has 0 radical (unpaired) electrons. The zero-order valence-corrected chi connectivity index (χ0v) is 14.2. The molecular formula is C18H36N2. The van der Waals surface area contributed by atoms with E-state index in [1.807, 2.05) is 0 Å². The normalized spacial score (nSPS) is 36.3. The third-order valence-electron chi connectivity index (χ3n) is 5.98. The summed E-state index contributed by atoms with van der Waals surface area (Å²) in [5.41, 5.74) is 6.53. The Morgan fingerprint density at radius 3 is 1.95 bits per heavy atom. The van der Waals surface area contributed by atoms with E-state index in [1.54, 1.807) is 0 Å². The Morgan fingerprint density at radius 1 is 0.900 bits per heavy atom. The molecule has 2 rings (SSSR count). The van der Waals surface area contributed by atoms with E-state index in [1.165, 1.54) is 57.9 Å². The van der Waals surface area contributed by atoms with Gasteiger partial charge in [-0.25, -0.2) is 0 Å². The van der Waals surface area contributed by atoms with Crippen LogP contribution in [0.5, 0.6) is 0 Å². The Labute approximate surface area is 126 Å².